The number of nitrogens with zero attached hydrogens (tertiary/aromatic N) is 1. The van der Waals surface area contributed by atoms with E-state index in [0.717, 1.165) is 31.4 Å². The molecule has 3 heteroatoms. The van der Waals surface area contributed by atoms with Crippen molar-refractivity contribution in [2.75, 3.05) is 6.54 Å². The molecule has 1 aromatic carbocycles. The van der Waals surface area contributed by atoms with Crippen molar-refractivity contribution in [2.45, 2.75) is 44.7 Å². The minimum atomic E-state index is -0.904. The fraction of sp³-hybridized carbons (Fsp3) is 0.533. The molecular formula is C15H21NO2. The first kappa shape index (κ1) is 13.1. The van der Waals surface area contributed by atoms with Gasteiger partial charge in [-0.15, -0.1) is 0 Å². The van der Waals surface area contributed by atoms with E-state index in [1.807, 2.05) is 37.3 Å². The van der Waals surface area contributed by atoms with Crippen LogP contribution in [0.25, 0.3) is 0 Å². The van der Waals surface area contributed by atoms with E-state index < -0.39 is 11.5 Å². The number of hydrogen-bond acceptors (Lipinski definition) is 2. The van der Waals surface area contributed by atoms with Crippen LogP contribution in [0, 0.1) is 0 Å². The summed E-state index contributed by atoms with van der Waals surface area (Å²) < 4.78 is 0. The Morgan fingerprint density at radius 2 is 2.00 bits per heavy atom. The quantitative estimate of drug-likeness (QED) is 0.840. The molecule has 0 bridgehead atoms. The van der Waals surface area contributed by atoms with Gasteiger partial charge < -0.3 is 5.11 Å². The van der Waals surface area contributed by atoms with E-state index in [4.69, 9.17) is 0 Å². The molecule has 1 fully saturated rings. The predicted octanol–water partition coefficient (Wildman–Crippen LogP) is 2.86. The highest BCUT2D eigenvalue weighted by Crippen LogP contribution is 2.38. The summed E-state index contributed by atoms with van der Waals surface area (Å²) in [5.74, 6) is -0.756. The third kappa shape index (κ3) is 2.27. The minimum absolute atomic E-state index is 0.436. The highest BCUT2D eigenvalue weighted by atomic mass is 16.4. The lowest BCUT2D eigenvalue weighted by Crippen LogP contribution is -2.51. The van der Waals surface area contributed by atoms with E-state index in [1.165, 1.54) is 0 Å². The molecule has 1 N–H and O–H groups in total. The Morgan fingerprint density at radius 1 is 1.39 bits per heavy atom. The number of benzene rings is 1. The van der Waals surface area contributed by atoms with Crippen LogP contribution >= 0.6 is 0 Å². The summed E-state index contributed by atoms with van der Waals surface area (Å²) in [7, 11) is 0. The van der Waals surface area contributed by atoms with Crippen molar-refractivity contribution in [2.24, 2.45) is 0 Å². The smallest absolute Gasteiger partial charge is 0.328 e. The molecule has 0 aromatic heterocycles. The lowest BCUT2D eigenvalue weighted by Gasteiger charge is -2.38. The first-order valence-corrected chi connectivity index (χ1v) is 6.66. The largest absolute Gasteiger partial charge is 0.480 e. The number of carboxylic acids is 1. The van der Waals surface area contributed by atoms with Crippen molar-refractivity contribution in [1.29, 1.82) is 0 Å². The third-order valence-corrected chi connectivity index (χ3v) is 3.78. The fourth-order valence-corrected chi connectivity index (χ4v) is 2.57. The number of rotatable bonds is 6. The molecular weight excluding hydrogens is 226 g/mol. The molecule has 1 aliphatic rings. The fourth-order valence-electron chi connectivity index (χ4n) is 2.57. The molecule has 0 spiro atoms. The molecule has 3 nitrogen and oxygen atoms in total. The zero-order valence-electron chi connectivity index (χ0n) is 11.1. The normalized spacial score (nSPS) is 18.6. The summed E-state index contributed by atoms with van der Waals surface area (Å²) in [6, 6.07) is 10.0. The van der Waals surface area contributed by atoms with E-state index in [0.29, 0.717) is 6.04 Å². The third-order valence-electron chi connectivity index (χ3n) is 3.78. The second-order valence-electron chi connectivity index (χ2n) is 5.17. The second kappa shape index (κ2) is 5.11. The van der Waals surface area contributed by atoms with E-state index in [9.17, 15) is 9.90 Å². The number of aliphatic carboxylic acids is 1. The zero-order valence-corrected chi connectivity index (χ0v) is 11.1. The summed E-state index contributed by atoms with van der Waals surface area (Å²) in [6.07, 6.45) is 3.22. The topological polar surface area (TPSA) is 40.5 Å². The minimum Gasteiger partial charge on any atom is -0.480 e. The molecule has 0 amide bonds. The van der Waals surface area contributed by atoms with Gasteiger partial charge in [-0.05, 0) is 38.3 Å². The highest BCUT2D eigenvalue weighted by Gasteiger charge is 2.47. The Labute approximate surface area is 108 Å². The summed E-state index contributed by atoms with van der Waals surface area (Å²) in [5, 5.41) is 9.72. The molecule has 18 heavy (non-hydrogen) atoms. The van der Waals surface area contributed by atoms with Crippen molar-refractivity contribution in [3.8, 4) is 0 Å². The number of carboxylic acid groups (broad SMARTS) is 1. The first-order valence-electron chi connectivity index (χ1n) is 6.66. The van der Waals surface area contributed by atoms with Gasteiger partial charge in [-0.25, -0.2) is 4.79 Å². The van der Waals surface area contributed by atoms with Crippen LogP contribution in [0.1, 0.15) is 38.7 Å². The molecule has 1 unspecified atom stereocenters. The van der Waals surface area contributed by atoms with Crippen molar-refractivity contribution in [3.63, 3.8) is 0 Å². The molecule has 2 rings (SSSR count). The molecule has 1 aromatic rings. The maximum atomic E-state index is 11.8. The average molecular weight is 247 g/mol. The molecule has 98 valence electrons. The molecule has 0 aliphatic heterocycles. The van der Waals surface area contributed by atoms with Crippen LogP contribution in [-0.2, 0) is 10.3 Å². The standard InChI is InChI=1S/C15H21NO2/c1-3-11-16(13-9-10-13)15(2,14(17)18)12-7-5-4-6-8-12/h4-8,13H,3,9-11H2,1-2H3,(H,17,18). The van der Waals surface area contributed by atoms with Crippen LogP contribution in [0.2, 0.25) is 0 Å². The lowest BCUT2D eigenvalue weighted by molar-refractivity contribution is -0.152. The maximum Gasteiger partial charge on any atom is 0.328 e. The Kier molecular flexibility index (Phi) is 3.71. The van der Waals surface area contributed by atoms with Gasteiger partial charge in [0.2, 0.25) is 0 Å². The molecule has 1 atom stereocenters. The lowest BCUT2D eigenvalue weighted by atomic mass is 9.89. The Morgan fingerprint density at radius 3 is 2.44 bits per heavy atom. The zero-order chi connectivity index (χ0) is 13.2. The van der Waals surface area contributed by atoms with Gasteiger partial charge in [0, 0.05) is 6.04 Å². The van der Waals surface area contributed by atoms with Gasteiger partial charge in [-0.2, -0.15) is 0 Å². The van der Waals surface area contributed by atoms with E-state index >= 15 is 0 Å². The van der Waals surface area contributed by atoms with Gasteiger partial charge in [-0.3, -0.25) is 4.90 Å². The first-order chi connectivity index (χ1) is 8.60. The van der Waals surface area contributed by atoms with Crippen LogP contribution in [0.5, 0.6) is 0 Å². The monoisotopic (exact) mass is 247 g/mol. The maximum absolute atomic E-state index is 11.8. The van der Waals surface area contributed by atoms with Gasteiger partial charge >= 0.3 is 5.97 Å². The average Bonchev–Trinajstić information content (AvgIpc) is 3.20. The van der Waals surface area contributed by atoms with E-state index in [-0.39, 0.29) is 0 Å². The van der Waals surface area contributed by atoms with E-state index in [2.05, 4.69) is 11.8 Å². The molecule has 1 aliphatic carbocycles. The van der Waals surface area contributed by atoms with Crippen LogP contribution < -0.4 is 0 Å². The number of carbonyl (C=O) groups is 1. The Bertz CT molecular complexity index is 414. The van der Waals surface area contributed by atoms with Crippen LogP contribution in [0.3, 0.4) is 0 Å². The molecule has 0 heterocycles. The molecule has 1 saturated carbocycles. The van der Waals surface area contributed by atoms with Gasteiger partial charge in [0.25, 0.3) is 0 Å². The van der Waals surface area contributed by atoms with Gasteiger partial charge in [-0.1, -0.05) is 37.3 Å². The molecule has 0 saturated heterocycles. The summed E-state index contributed by atoms with van der Waals surface area (Å²) in [5.41, 5.74) is -0.0313. The van der Waals surface area contributed by atoms with Crippen LogP contribution in [0.15, 0.2) is 30.3 Å². The number of hydrogen-bond donors (Lipinski definition) is 1. The summed E-state index contributed by atoms with van der Waals surface area (Å²) in [4.78, 5) is 14.0. The van der Waals surface area contributed by atoms with Gasteiger partial charge in [0.1, 0.15) is 5.54 Å². The van der Waals surface area contributed by atoms with Gasteiger partial charge in [0.05, 0.1) is 0 Å². The van der Waals surface area contributed by atoms with Crippen molar-refractivity contribution < 1.29 is 9.90 Å². The Hall–Kier alpha value is -1.35. The van der Waals surface area contributed by atoms with E-state index in [1.54, 1.807) is 0 Å². The SMILES string of the molecule is CCCN(C1CC1)C(C)(C(=O)O)c1ccccc1. The van der Waals surface area contributed by atoms with Crippen LogP contribution in [-0.4, -0.2) is 28.6 Å². The Balaban J connectivity index is 2.39. The van der Waals surface area contributed by atoms with Crippen molar-refractivity contribution in [3.05, 3.63) is 35.9 Å². The summed E-state index contributed by atoms with van der Waals surface area (Å²) in [6.45, 7) is 4.77. The highest BCUT2D eigenvalue weighted by molar-refractivity contribution is 5.80. The predicted molar refractivity (Wildman–Crippen MR) is 71.4 cm³/mol. The van der Waals surface area contributed by atoms with Gasteiger partial charge in [0.15, 0.2) is 0 Å². The molecule has 0 radical (unpaired) electrons. The van der Waals surface area contributed by atoms with Crippen LogP contribution in [0.4, 0.5) is 0 Å². The van der Waals surface area contributed by atoms with Crippen molar-refractivity contribution >= 4 is 5.97 Å². The van der Waals surface area contributed by atoms with Crippen molar-refractivity contribution in [1.82, 2.24) is 4.90 Å². The summed E-state index contributed by atoms with van der Waals surface area (Å²) >= 11 is 0. The second-order valence-corrected chi connectivity index (χ2v) is 5.17.